The maximum absolute atomic E-state index is 10.7. The molecule has 26 heavy (non-hydrogen) atoms. The molecule has 3 rings (SSSR count). The standard InChI is InChI=1S/C22H32O4/c1-22-13-12-20(24)17(10-11-19(23)15-6-3-2-4-7-15)18(22)14-16(22)8-5-9-21(25)26/h8,15,17-20,23-24H,2-7,9,12-14H2,1H3,(H,25,26)/t17-,18-,19?,20-,22-/m1/s1. The molecule has 3 aliphatic rings. The number of aliphatic hydroxyl groups excluding tert-OH is 2. The zero-order valence-electron chi connectivity index (χ0n) is 15.8. The Kier molecular flexibility index (Phi) is 6.10. The van der Waals surface area contributed by atoms with Crippen LogP contribution in [-0.2, 0) is 4.79 Å². The summed E-state index contributed by atoms with van der Waals surface area (Å²) in [5, 5.41) is 29.7. The normalized spacial score (nSPS) is 37.2. The number of carboxylic acids is 1. The molecule has 0 aliphatic heterocycles. The lowest BCUT2D eigenvalue weighted by Gasteiger charge is -2.57. The fourth-order valence-electron chi connectivity index (χ4n) is 5.20. The SMILES string of the molecule is C[C@]12CC[C@@H](O)[C@H](C#CC(O)C3CCCCC3)[C@H]1CC2=CCCC(=O)O. The van der Waals surface area contributed by atoms with Crippen LogP contribution in [0.15, 0.2) is 11.6 Å². The van der Waals surface area contributed by atoms with E-state index in [0.717, 1.165) is 32.1 Å². The molecule has 0 aromatic heterocycles. The van der Waals surface area contributed by atoms with Crippen molar-refractivity contribution in [2.24, 2.45) is 23.2 Å². The third-order valence-corrected chi connectivity index (χ3v) is 7.04. The molecule has 0 bridgehead atoms. The molecule has 0 aromatic rings. The van der Waals surface area contributed by atoms with Gasteiger partial charge in [-0.2, -0.15) is 0 Å². The van der Waals surface area contributed by atoms with Gasteiger partial charge in [-0.15, -0.1) is 0 Å². The van der Waals surface area contributed by atoms with Crippen LogP contribution >= 0.6 is 0 Å². The predicted octanol–water partition coefficient (Wildman–Crippen LogP) is 3.52. The van der Waals surface area contributed by atoms with Crippen LogP contribution in [0, 0.1) is 35.0 Å². The molecule has 0 heterocycles. The maximum Gasteiger partial charge on any atom is 0.303 e. The summed E-state index contributed by atoms with van der Waals surface area (Å²) in [4.78, 5) is 10.7. The molecule has 0 spiro atoms. The van der Waals surface area contributed by atoms with E-state index in [-0.39, 0.29) is 23.7 Å². The van der Waals surface area contributed by atoms with Crippen molar-refractivity contribution in [1.82, 2.24) is 0 Å². The summed E-state index contributed by atoms with van der Waals surface area (Å²) in [6.07, 6.45) is 10.1. The highest BCUT2D eigenvalue weighted by Crippen LogP contribution is 2.60. The Labute approximate surface area is 156 Å². The molecule has 1 unspecified atom stereocenters. The van der Waals surface area contributed by atoms with Crippen LogP contribution in [0.2, 0.25) is 0 Å². The van der Waals surface area contributed by atoms with Gasteiger partial charge in [-0.05, 0) is 55.8 Å². The molecule has 0 radical (unpaired) electrons. The van der Waals surface area contributed by atoms with E-state index in [1.54, 1.807) is 0 Å². The Morgan fingerprint density at radius 2 is 2.04 bits per heavy atom. The number of hydrogen-bond donors (Lipinski definition) is 3. The first-order chi connectivity index (χ1) is 12.4. The summed E-state index contributed by atoms with van der Waals surface area (Å²) in [6.45, 7) is 2.23. The van der Waals surface area contributed by atoms with Crippen LogP contribution in [0.25, 0.3) is 0 Å². The Morgan fingerprint density at radius 3 is 2.73 bits per heavy atom. The summed E-state index contributed by atoms with van der Waals surface area (Å²) in [5.74, 6) is 6.08. The van der Waals surface area contributed by atoms with E-state index in [4.69, 9.17) is 5.11 Å². The van der Waals surface area contributed by atoms with Gasteiger partial charge in [0.1, 0.15) is 6.10 Å². The van der Waals surface area contributed by atoms with E-state index in [0.29, 0.717) is 12.3 Å². The second kappa shape index (κ2) is 8.15. The monoisotopic (exact) mass is 360 g/mol. The summed E-state index contributed by atoms with van der Waals surface area (Å²) in [6, 6.07) is 0. The van der Waals surface area contributed by atoms with Crippen LogP contribution in [0.1, 0.15) is 71.1 Å². The van der Waals surface area contributed by atoms with E-state index >= 15 is 0 Å². The van der Waals surface area contributed by atoms with Crippen molar-refractivity contribution in [3.05, 3.63) is 11.6 Å². The molecule has 5 atom stereocenters. The zero-order chi connectivity index (χ0) is 18.7. The molecule has 3 aliphatic carbocycles. The van der Waals surface area contributed by atoms with Crippen LogP contribution in [0.5, 0.6) is 0 Å². The van der Waals surface area contributed by atoms with Crippen molar-refractivity contribution >= 4 is 5.97 Å². The Balaban J connectivity index is 1.65. The first kappa shape index (κ1) is 19.5. The smallest absolute Gasteiger partial charge is 0.303 e. The van der Waals surface area contributed by atoms with E-state index in [1.807, 2.05) is 0 Å². The average molecular weight is 360 g/mol. The van der Waals surface area contributed by atoms with Crippen molar-refractivity contribution < 1.29 is 20.1 Å². The topological polar surface area (TPSA) is 77.8 Å². The van der Waals surface area contributed by atoms with Gasteiger partial charge in [0, 0.05) is 6.42 Å². The van der Waals surface area contributed by atoms with Crippen molar-refractivity contribution in [1.29, 1.82) is 0 Å². The van der Waals surface area contributed by atoms with Gasteiger partial charge in [0.2, 0.25) is 0 Å². The maximum atomic E-state index is 10.7. The number of aliphatic hydroxyl groups is 2. The number of carboxylic acid groups (broad SMARTS) is 1. The quantitative estimate of drug-likeness (QED) is 0.529. The van der Waals surface area contributed by atoms with E-state index in [2.05, 4.69) is 24.8 Å². The third-order valence-electron chi connectivity index (χ3n) is 7.04. The summed E-state index contributed by atoms with van der Waals surface area (Å²) < 4.78 is 0. The number of carbonyl (C=O) groups is 1. The fourth-order valence-corrected chi connectivity index (χ4v) is 5.20. The Bertz CT molecular complexity index is 607. The lowest BCUT2D eigenvalue weighted by atomic mass is 9.48. The number of allylic oxidation sites excluding steroid dienone is 2. The van der Waals surface area contributed by atoms with Crippen LogP contribution < -0.4 is 0 Å². The minimum atomic E-state index is -0.762. The number of aliphatic carboxylic acids is 1. The summed E-state index contributed by atoms with van der Waals surface area (Å²) in [5.41, 5.74) is 1.36. The highest BCUT2D eigenvalue weighted by molar-refractivity contribution is 5.66. The first-order valence-corrected chi connectivity index (χ1v) is 10.2. The second-order valence-electron chi connectivity index (χ2n) is 8.65. The second-order valence-corrected chi connectivity index (χ2v) is 8.65. The van der Waals surface area contributed by atoms with Crippen molar-refractivity contribution in [3.8, 4) is 11.8 Å². The van der Waals surface area contributed by atoms with E-state index in [1.165, 1.54) is 24.8 Å². The lowest BCUT2D eigenvalue weighted by Crippen LogP contribution is -2.51. The van der Waals surface area contributed by atoms with E-state index in [9.17, 15) is 15.0 Å². The van der Waals surface area contributed by atoms with Crippen molar-refractivity contribution in [2.75, 3.05) is 0 Å². The lowest BCUT2D eigenvalue weighted by molar-refractivity contribution is -0.136. The molecule has 144 valence electrons. The summed E-state index contributed by atoms with van der Waals surface area (Å²) >= 11 is 0. The molecule has 3 fully saturated rings. The molecular weight excluding hydrogens is 328 g/mol. The molecule has 3 saturated carbocycles. The molecular formula is C22H32O4. The highest BCUT2D eigenvalue weighted by Gasteiger charge is 2.54. The van der Waals surface area contributed by atoms with Crippen LogP contribution in [0.4, 0.5) is 0 Å². The van der Waals surface area contributed by atoms with Gasteiger partial charge in [-0.1, -0.05) is 49.7 Å². The molecule has 4 nitrogen and oxygen atoms in total. The minimum absolute atomic E-state index is 0.0346. The van der Waals surface area contributed by atoms with Gasteiger partial charge in [-0.3, -0.25) is 4.79 Å². The van der Waals surface area contributed by atoms with Crippen LogP contribution in [-0.4, -0.2) is 33.5 Å². The highest BCUT2D eigenvalue weighted by atomic mass is 16.4. The number of hydrogen-bond acceptors (Lipinski definition) is 3. The largest absolute Gasteiger partial charge is 0.481 e. The van der Waals surface area contributed by atoms with Gasteiger partial charge in [0.15, 0.2) is 0 Å². The molecule has 3 N–H and O–H groups in total. The minimum Gasteiger partial charge on any atom is -0.481 e. The summed E-state index contributed by atoms with van der Waals surface area (Å²) in [7, 11) is 0. The van der Waals surface area contributed by atoms with Gasteiger partial charge in [0.25, 0.3) is 0 Å². The molecule has 0 aromatic carbocycles. The number of fused-ring (bicyclic) bond motifs is 1. The predicted molar refractivity (Wildman–Crippen MR) is 100 cm³/mol. The average Bonchev–Trinajstić information content (AvgIpc) is 2.63. The number of rotatable bonds is 4. The van der Waals surface area contributed by atoms with Crippen molar-refractivity contribution in [2.45, 2.75) is 83.3 Å². The molecule has 0 amide bonds. The van der Waals surface area contributed by atoms with Crippen molar-refractivity contribution in [3.63, 3.8) is 0 Å². The first-order valence-electron chi connectivity index (χ1n) is 10.2. The van der Waals surface area contributed by atoms with Gasteiger partial charge in [0.05, 0.1) is 12.0 Å². The zero-order valence-corrected chi connectivity index (χ0v) is 15.8. The van der Waals surface area contributed by atoms with E-state index < -0.39 is 18.2 Å². The van der Waals surface area contributed by atoms with Gasteiger partial charge in [-0.25, -0.2) is 0 Å². The third kappa shape index (κ3) is 4.00. The molecule has 4 heteroatoms. The fraction of sp³-hybridized carbons (Fsp3) is 0.773. The van der Waals surface area contributed by atoms with Gasteiger partial charge >= 0.3 is 5.97 Å². The van der Waals surface area contributed by atoms with Gasteiger partial charge < -0.3 is 15.3 Å². The molecule has 0 saturated heterocycles. The van der Waals surface area contributed by atoms with Crippen LogP contribution in [0.3, 0.4) is 0 Å². The Morgan fingerprint density at radius 1 is 1.31 bits per heavy atom. The Hall–Kier alpha value is -1.31.